The fourth-order valence-electron chi connectivity index (χ4n) is 5.46. The highest BCUT2D eigenvalue weighted by atomic mass is 16.5. The van der Waals surface area contributed by atoms with Crippen LogP contribution in [0.4, 0.5) is 0 Å². The summed E-state index contributed by atoms with van der Waals surface area (Å²) in [6.07, 6.45) is 6.00. The number of carbonyl (C=O) groups is 1. The molecular weight excluding hydrogens is 520 g/mol. The summed E-state index contributed by atoms with van der Waals surface area (Å²) in [7, 11) is 4.79. The van der Waals surface area contributed by atoms with E-state index in [-0.39, 0.29) is 12.2 Å². The maximum Gasteiger partial charge on any atom is 0.174 e. The summed E-state index contributed by atoms with van der Waals surface area (Å²) in [6, 6.07) is 5.79. The molecule has 2 N–H and O–H groups in total. The predicted octanol–water partition coefficient (Wildman–Crippen LogP) is 6.86. The minimum Gasteiger partial charge on any atom is -0.496 e. The van der Waals surface area contributed by atoms with Crippen molar-refractivity contribution < 1.29 is 34.0 Å². The lowest BCUT2D eigenvalue weighted by Crippen LogP contribution is -2.24. The highest BCUT2D eigenvalue weighted by Gasteiger charge is 2.35. The van der Waals surface area contributed by atoms with Gasteiger partial charge in [-0.15, -0.1) is 0 Å². The average Bonchev–Trinajstić information content (AvgIpc) is 2.88. The Bertz CT molecular complexity index is 1260. The molecule has 1 aliphatic rings. The predicted molar refractivity (Wildman–Crippen MR) is 162 cm³/mol. The number of methoxy groups -OCH3 is 3. The van der Waals surface area contributed by atoms with E-state index in [0.29, 0.717) is 42.1 Å². The topological polar surface area (TPSA) is 94.5 Å². The molecule has 0 aliphatic carbocycles. The van der Waals surface area contributed by atoms with Gasteiger partial charge in [0.1, 0.15) is 34.7 Å². The van der Waals surface area contributed by atoms with Crippen molar-refractivity contribution in [2.24, 2.45) is 0 Å². The molecular formula is C34H48O7. The highest BCUT2D eigenvalue weighted by molar-refractivity contribution is 6.03. The van der Waals surface area contributed by atoms with Crippen LogP contribution in [0.15, 0.2) is 29.8 Å². The third-order valence-corrected chi connectivity index (χ3v) is 7.70. The van der Waals surface area contributed by atoms with Gasteiger partial charge in [-0.1, -0.05) is 23.8 Å². The number of hydrogen-bond acceptors (Lipinski definition) is 7. The number of hydrogen-bond donors (Lipinski definition) is 2. The highest BCUT2D eigenvalue weighted by Crippen LogP contribution is 2.47. The van der Waals surface area contributed by atoms with Gasteiger partial charge in [-0.2, -0.15) is 0 Å². The number of ether oxygens (including phenoxy) is 4. The minimum atomic E-state index is -0.874. The van der Waals surface area contributed by atoms with Crippen LogP contribution in [0.3, 0.4) is 0 Å². The van der Waals surface area contributed by atoms with Crippen LogP contribution < -0.4 is 18.9 Å². The first-order chi connectivity index (χ1) is 19.2. The van der Waals surface area contributed by atoms with Crippen molar-refractivity contribution in [3.8, 4) is 23.0 Å². The fourth-order valence-corrected chi connectivity index (χ4v) is 5.46. The minimum absolute atomic E-state index is 0.0657. The van der Waals surface area contributed by atoms with Gasteiger partial charge in [-0.3, -0.25) is 4.79 Å². The second-order valence-electron chi connectivity index (χ2n) is 12.4. The van der Waals surface area contributed by atoms with Crippen LogP contribution in [0, 0.1) is 6.92 Å². The number of aryl methyl sites for hydroxylation is 1. The number of aliphatic hydroxyl groups is 2. The molecule has 1 unspecified atom stereocenters. The van der Waals surface area contributed by atoms with E-state index in [0.717, 1.165) is 47.3 Å². The Balaban J connectivity index is 1.98. The number of carbonyl (C=O) groups excluding carboxylic acids is 1. The van der Waals surface area contributed by atoms with Crippen LogP contribution >= 0.6 is 0 Å². The first-order valence-electron chi connectivity index (χ1n) is 14.4. The van der Waals surface area contributed by atoms with Crippen LogP contribution in [-0.2, 0) is 12.8 Å². The zero-order chi connectivity index (χ0) is 30.5. The number of rotatable bonds is 13. The number of ketones is 1. The van der Waals surface area contributed by atoms with Crippen molar-refractivity contribution in [3.63, 3.8) is 0 Å². The van der Waals surface area contributed by atoms with Crippen LogP contribution in [0.2, 0.25) is 0 Å². The second kappa shape index (κ2) is 13.3. The summed E-state index contributed by atoms with van der Waals surface area (Å²) < 4.78 is 23.8. The summed E-state index contributed by atoms with van der Waals surface area (Å²) in [6.45, 7) is 11.3. The van der Waals surface area contributed by atoms with E-state index in [1.165, 1.54) is 5.57 Å². The molecule has 7 heteroatoms. The smallest absolute Gasteiger partial charge is 0.174 e. The van der Waals surface area contributed by atoms with E-state index in [9.17, 15) is 15.0 Å². The first kappa shape index (κ1) is 32.5. The van der Waals surface area contributed by atoms with Crippen molar-refractivity contribution in [3.05, 3.63) is 57.7 Å². The first-order valence-corrected chi connectivity index (χ1v) is 14.4. The van der Waals surface area contributed by atoms with E-state index < -0.39 is 17.3 Å². The lowest BCUT2D eigenvalue weighted by molar-refractivity contribution is 0.0687. The summed E-state index contributed by atoms with van der Waals surface area (Å²) in [4.78, 5) is 13.7. The Kier molecular flexibility index (Phi) is 10.5. The second-order valence-corrected chi connectivity index (χ2v) is 12.4. The van der Waals surface area contributed by atoms with E-state index in [4.69, 9.17) is 18.9 Å². The largest absolute Gasteiger partial charge is 0.496 e. The van der Waals surface area contributed by atoms with Crippen molar-refractivity contribution in [1.29, 1.82) is 0 Å². The van der Waals surface area contributed by atoms with Crippen LogP contribution in [0.5, 0.6) is 23.0 Å². The lowest BCUT2D eigenvalue weighted by atomic mass is 9.88. The van der Waals surface area contributed by atoms with Gasteiger partial charge in [-0.05, 0) is 91.2 Å². The zero-order valence-electron chi connectivity index (χ0n) is 26.3. The maximum absolute atomic E-state index is 13.7. The van der Waals surface area contributed by atoms with Crippen molar-refractivity contribution in [1.82, 2.24) is 0 Å². The SMILES string of the molecule is COc1cc2c(c(OC)c1CCC(C)(C)O)C(=O)CC(c1ccc(C)c(OC)c1C/C=C(\C)CCCC(C)(C)O)O2. The molecule has 226 valence electrons. The Morgan fingerprint density at radius 3 is 2.24 bits per heavy atom. The molecule has 0 radical (unpaired) electrons. The summed E-state index contributed by atoms with van der Waals surface area (Å²) >= 11 is 0. The molecule has 1 heterocycles. The van der Waals surface area contributed by atoms with E-state index in [1.807, 2.05) is 32.9 Å². The molecule has 3 rings (SSSR count). The molecule has 1 aliphatic heterocycles. The molecule has 0 aromatic heterocycles. The van der Waals surface area contributed by atoms with Gasteiger partial charge >= 0.3 is 0 Å². The van der Waals surface area contributed by atoms with Crippen molar-refractivity contribution in [2.75, 3.05) is 21.3 Å². The van der Waals surface area contributed by atoms with Gasteiger partial charge in [0.2, 0.25) is 0 Å². The number of allylic oxidation sites excluding steroid dienone is 2. The third kappa shape index (κ3) is 8.26. The number of benzene rings is 2. The van der Waals surface area contributed by atoms with Gasteiger partial charge < -0.3 is 29.2 Å². The molecule has 2 aromatic rings. The summed E-state index contributed by atoms with van der Waals surface area (Å²) in [5, 5.41) is 20.3. The normalized spacial score (nSPS) is 15.8. The molecule has 41 heavy (non-hydrogen) atoms. The van der Waals surface area contributed by atoms with Gasteiger partial charge in [0.15, 0.2) is 5.78 Å². The van der Waals surface area contributed by atoms with Crippen LogP contribution in [0.25, 0.3) is 0 Å². The van der Waals surface area contributed by atoms with E-state index >= 15 is 0 Å². The molecule has 1 atom stereocenters. The monoisotopic (exact) mass is 568 g/mol. The molecule has 0 fully saturated rings. The van der Waals surface area contributed by atoms with Gasteiger partial charge in [0.25, 0.3) is 0 Å². The maximum atomic E-state index is 13.7. The van der Waals surface area contributed by atoms with E-state index in [1.54, 1.807) is 41.2 Å². The van der Waals surface area contributed by atoms with Gasteiger partial charge in [-0.25, -0.2) is 0 Å². The van der Waals surface area contributed by atoms with E-state index in [2.05, 4.69) is 13.0 Å². The van der Waals surface area contributed by atoms with Crippen LogP contribution in [-0.4, -0.2) is 48.5 Å². The summed E-state index contributed by atoms with van der Waals surface area (Å²) in [5.74, 6) is 2.16. The molecule has 0 amide bonds. The van der Waals surface area contributed by atoms with Crippen LogP contribution in [0.1, 0.15) is 105 Å². The molecule has 7 nitrogen and oxygen atoms in total. The number of fused-ring (bicyclic) bond motifs is 1. The Morgan fingerprint density at radius 2 is 1.66 bits per heavy atom. The average molecular weight is 569 g/mol. The number of Topliss-reactive ketones (excluding diaryl/α,β-unsaturated/α-hetero) is 1. The third-order valence-electron chi connectivity index (χ3n) is 7.70. The fraction of sp³-hybridized carbons (Fsp3) is 0.559. The molecule has 2 aromatic carbocycles. The Labute approximate surface area is 245 Å². The Morgan fingerprint density at radius 1 is 1.00 bits per heavy atom. The Hall–Kier alpha value is -3.03. The molecule has 0 saturated heterocycles. The van der Waals surface area contributed by atoms with Crippen molar-refractivity contribution in [2.45, 2.75) is 104 Å². The summed E-state index contributed by atoms with van der Waals surface area (Å²) in [5.41, 5.74) is 3.78. The van der Waals surface area contributed by atoms with Crippen molar-refractivity contribution >= 4 is 5.78 Å². The molecule has 0 spiro atoms. The quantitative estimate of drug-likeness (QED) is 0.255. The molecule has 0 saturated carbocycles. The lowest BCUT2D eigenvalue weighted by Gasteiger charge is -2.30. The zero-order valence-corrected chi connectivity index (χ0v) is 26.3. The molecule has 0 bridgehead atoms. The standard InChI is InChI=1S/C34H48O7/c1-21(11-10-17-33(3,4)36)12-14-24-23(15-13-22(2)31(24)39-8)28-19-26(35)30-29(41-28)20-27(38-7)25(32(30)40-9)16-18-34(5,6)37/h12-13,15,20,28,36-37H,10-11,14,16-19H2,1-9H3/b21-12+. The van der Waals surface area contributed by atoms with Gasteiger partial charge in [0.05, 0.1) is 39.0 Å². The van der Waals surface area contributed by atoms with Gasteiger partial charge in [0, 0.05) is 17.2 Å².